The van der Waals surface area contributed by atoms with Gasteiger partial charge in [-0.05, 0) is 72.4 Å². The number of carboxylic acids is 1. The maximum Gasteiger partial charge on any atom is 0.323 e. The van der Waals surface area contributed by atoms with Crippen LogP contribution in [0, 0.1) is 13.8 Å². The molecular weight excluding hydrogens is 512 g/mol. The number of carboxylic acid groups (broad SMARTS) is 1. The highest BCUT2D eigenvalue weighted by atomic mass is 35.5. The highest BCUT2D eigenvalue weighted by Crippen LogP contribution is 2.29. The average molecular weight is 545 g/mol. The van der Waals surface area contributed by atoms with Crippen LogP contribution >= 0.6 is 11.6 Å². The summed E-state index contributed by atoms with van der Waals surface area (Å²) in [6.45, 7) is 5.05. The zero-order valence-corrected chi connectivity index (χ0v) is 22.7. The van der Waals surface area contributed by atoms with Crippen LogP contribution in [0.3, 0.4) is 0 Å². The standard InChI is InChI=1S/C28H33ClN2O5S/c1-4-5-9-25(30-26(17-32)28(33)34)21-12-10-20(11-13-21)22-7-6-8-23(16-22)31-37(35,36)27-15-18(2)24(29)14-19(27)3/h6-8,10-16,25-26,30-32H,4-5,9,17H2,1-3H3,(H,33,34). The third kappa shape index (κ3) is 7.32. The molecule has 37 heavy (non-hydrogen) atoms. The molecule has 0 aliphatic rings. The summed E-state index contributed by atoms with van der Waals surface area (Å²) < 4.78 is 28.8. The molecule has 3 aromatic rings. The molecule has 0 fully saturated rings. The molecule has 0 radical (unpaired) electrons. The molecule has 0 aliphatic heterocycles. The summed E-state index contributed by atoms with van der Waals surface area (Å²) in [4.78, 5) is 11.6. The van der Waals surface area contributed by atoms with Crippen LogP contribution in [0.1, 0.15) is 48.9 Å². The van der Waals surface area contributed by atoms with Crippen molar-refractivity contribution >= 4 is 33.3 Å². The van der Waals surface area contributed by atoms with Crippen molar-refractivity contribution < 1.29 is 23.4 Å². The largest absolute Gasteiger partial charge is 0.480 e. The van der Waals surface area contributed by atoms with Gasteiger partial charge in [0.2, 0.25) is 0 Å². The summed E-state index contributed by atoms with van der Waals surface area (Å²) in [5.74, 6) is -1.09. The van der Waals surface area contributed by atoms with E-state index in [-0.39, 0.29) is 10.9 Å². The van der Waals surface area contributed by atoms with Crippen molar-refractivity contribution in [2.45, 2.75) is 57.0 Å². The molecule has 7 nitrogen and oxygen atoms in total. The maximum atomic E-state index is 13.1. The first-order valence-corrected chi connectivity index (χ1v) is 14.0. The average Bonchev–Trinajstić information content (AvgIpc) is 2.86. The Morgan fingerprint density at radius 3 is 2.32 bits per heavy atom. The lowest BCUT2D eigenvalue weighted by atomic mass is 9.97. The minimum absolute atomic E-state index is 0.178. The first kappa shape index (κ1) is 28.7. The minimum Gasteiger partial charge on any atom is -0.480 e. The van der Waals surface area contributed by atoms with Crippen molar-refractivity contribution in [3.63, 3.8) is 0 Å². The Balaban J connectivity index is 1.83. The smallest absolute Gasteiger partial charge is 0.323 e. The van der Waals surface area contributed by atoms with E-state index in [1.165, 1.54) is 0 Å². The Bertz CT molecular complexity index is 1340. The second kappa shape index (κ2) is 12.6. The van der Waals surface area contributed by atoms with E-state index < -0.39 is 28.6 Å². The summed E-state index contributed by atoms with van der Waals surface area (Å²) in [6.07, 6.45) is 2.61. The van der Waals surface area contributed by atoms with Crippen molar-refractivity contribution in [1.82, 2.24) is 5.32 Å². The van der Waals surface area contributed by atoms with Gasteiger partial charge in [-0.25, -0.2) is 8.42 Å². The molecule has 3 rings (SSSR count). The number of carbonyl (C=O) groups is 1. The number of nitrogens with one attached hydrogen (secondary N) is 2. The number of aryl methyl sites for hydroxylation is 2. The quantitative estimate of drug-likeness (QED) is 0.233. The number of anilines is 1. The van der Waals surface area contributed by atoms with Gasteiger partial charge in [-0.15, -0.1) is 0 Å². The summed E-state index contributed by atoms with van der Waals surface area (Å²) in [6, 6.07) is 16.8. The first-order chi connectivity index (χ1) is 17.6. The van der Waals surface area contributed by atoms with Gasteiger partial charge in [0.05, 0.1) is 11.5 Å². The third-order valence-corrected chi connectivity index (χ3v) is 8.17. The van der Waals surface area contributed by atoms with Gasteiger partial charge in [0.1, 0.15) is 6.04 Å². The van der Waals surface area contributed by atoms with Crippen LogP contribution in [0.2, 0.25) is 5.02 Å². The van der Waals surface area contributed by atoms with E-state index in [2.05, 4.69) is 17.0 Å². The topological polar surface area (TPSA) is 116 Å². The van der Waals surface area contributed by atoms with Gasteiger partial charge >= 0.3 is 5.97 Å². The molecule has 0 spiro atoms. The van der Waals surface area contributed by atoms with Gasteiger partial charge in [0.25, 0.3) is 10.0 Å². The molecule has 9 heteroatoms. The van der Waals surface area contributed by atoms with Gasteiger partial charge in [0.15, 0.2) is 0 Å². The number of halogens is 1. The minimum atomic E-state index is -3.82. The van der Waals surface area contributed by atoms with Gasteiger partial charge in [-0.1, -0.05) is 67.8 Å². The Morgan fingerprint density at radius 2 is 1.70 bits per heavy atom. The van der Waals surface area contributed by atoms with Crippen molar-refractivity contribution in [3.05, 3.63) is 82.4 Å². The fourth-order valence-electron chi connectivity index (χ4n) is 4.12. The molecule has 0 heterocycles. The fourth-order valence-corrected chi connectivity index (χ4v) is 5.70. The summed E-state index contributed by atoms with van der Waals surface area (Å²) >= 11 is 6.13. The van der Waals surface area contributed by atoms with E-state index in [1.807, 2.05) is 30.3 Å². The Kier molecular flexibility index (Phi) is 9.73. The van der Waals surface area contributed by atoms with Crippen molar-refractivity contribution in [1.29, 1.82) is 0 Å². The molecule has 0 bridgehead atoms. The summed E-state index contributed by atoms with van der Waals surface area (Å²) in [5, 5.41) is 22.3. The van der Waals surface area contributed by atoms with Crippen LogP contribution in [0.4, 0.5) is 5.69 Å². The van der Waals surface area contributed by atoms with Crippen molar-refractivity contribution in [2.75, 3.05) is 11.3 Å². The number of sulfonamides is 1. The third-order valence-electron chi connectivity index (χ3n) is 6.24. The number of aliphatic hydroxyl groups excluding tert-OH is 1. The van der Waals surface area contributed by atoms with E-state index in [4.69, 9.17) is 11.6 Å². The Morgan fingerprint density at radius 1 is 1.00 bits per heavy atom. The van der Waals surface area contributed by atoms with Crippen molar-refractivity contribution in [3.8, 4) is 11.1 Å². The van der Waals surface area contributed by atoms with E-state index in [1.54, 1.807) is 44.2 Å². The highest BCUT2D eigenvalue weighted by Gasteiger charge is 2.22. The van der Waals surface area contributed by atoms with Crippen LogP contribution < -0.4 is 10.0 Å². The highest BCUT2D eigenvalue weighted by molar-refractivity contribution is 7.92. The molecular formula is C28H33ClN2O5S. The zero-order chi connectivity index (χ0) is 27.2. The number of hydrogen-bond donors (Lipinski definition) is 4. The number of benzene rings is 3. The van der Waals surface area contributed by atoms with Crippen LogP contribution in [0.15, 0.2) is 65.6 Å². The molecule has 0 aromatic heterocycles. The number of aliphatic hydroxyl groups is 1. The molecule has 2 unspecified atom stereocenters. The number of aliphatic carboxylic acids is 1. The maximum absolute atomic E-state index is 13.1. The van der Waals surface area contributed by atoms with E-state index in [0.717, 1.165) is 36.0 Å². The summed E-state index contributed by atoms with van der Waals surface area (Å²) in [7, 11) is -3.82. The van der Waals surface area contributed by atoms with E-state index >= 15 is 0 Å². The molecule has 0 saturated carbocycles. The van der Waals surface area contributed by atoms with Crippen LogP contribution in [-0.2, 0) is 14.8 Å². The zero-order valence-electron chi connectivity index (χ0n) is 21.2. The molecule has 3 aromatic carbocycles. The van der Waals surface area contributed by atoms with Gasteiger partial charge in [-0.2, -0.15) is 0 Å². The van der Waals surface area contributed by atoms with Crippen molar-refractivity contribution in [2.24, 2.45) is 0 Å². The van der Waals surface area contributed by atoms with Crippen LogP contribution in [0.5, 0.6) is 0 Å². The molecule has 2 atom stereocenters. The van der Waals surface area contributed by atoms with Gasteiger partial charge in [-0.3, -0.25) is 14.8 Å². The lowest BCUT2D eigenvalue weighted by molar-refractivity contribution is -0.140. The van der Waals surface area contributed by atoms with E-state index in [9.17, 15) is 23.4 Å². The van der Waals surface area contributed by atoms with Gasteiger partial charge in [0, 0.05) is 16.8 Å². The monoisotopic (exact) mass is 544 g/mol. The lowest BCUT2D eigenvalue weighted by Gasteiger charge is -2.23. The molecule has 198 valence electrons. The van der Waals surface area contributed by atoms with Crippen LogP contribution in [-0.4, -0.2) is 37.2 Å². The molecule has 0 saturated heterocycles. The lowest BCUT2D eigenvalue weighted by Crippen LogP contribution is -2.41. The SMILES string of the molecule is CCCCC(NC(CO)C(=O)O)c1ccc(-c2cccc(NS(=O)(=O)c3cc(C)c(Cl)cc3C)c2)cc1. The molecule has 4 N–H and O–H groups in total. The normalized spacial score (nSPS) is 13.2. The molecule has 0 aliphatic carbocycles. The summed E-state index contributed by atoms with van der Waals surface area (Å²) in [5.41, 5.74) is 4.31. The first-order valence-electron chi connectivity index (χ1n) is 12.2. The molecule has 0 amide bonds. The second-order valence-corrected chi connectivity index (χ2v) is 11.2. The predicted octanol–water partition coefficient (Wildman–Crippen LogP) is 5.69. The Hall–Kier alpha value is -2.91. The van der Waals surface area contributed by atoms with Gasteiger partial charge < -0.3 is 10.2 Å². The number of hydrogen-bond acceptors (Lipinski definition) is 5. The van der Waals surface area contributed by atoms with Crippen LogP contribution in [0.25, 0.3) is 11.1 Å². The predicted molar refractivity (Wildman–Crippen MR) is 148 cm³/mol. The second-order valence-electron chi connectivity index (χ2n) is 9.11. The fraction of sp³-hybridized carbons (Fsp3) is 0.321. The number of rotatable bonds is 12. The number of unbranched alkanes of at least 4 members (excludes halogenated alkanes) is 1. The van der Waals surface area contributed by atoms with E-state index in [0.29, 0.717) is 21.8 Å². The Labute approximate surface area is 223 Å².